The lowest BCUT2D eigenvalue weighted by molar-refractivity contribution is -0.0526. The summed E-state index contributed by atoms with van der Waals surface area (Å²) in [6.07, 6.45) is -1.10. The molecule has 2 aliphatic heterocycles. The van der Waals surface area contributed by atoms with Crippen molar-refractivity contribution in [2.24, 2.45) is 10.9 Å². The van der Waals surface area contributed by atoms with Crippen LogP contribution in [0.15, 0.2) is 59.6 Å². The van der Waals surface area contributed by atoms with Gasteiger partial charge in [-0.3, -0.25) is 9.79 Å². The first kappa shape index (κ1) is 18.3. The second-order valence-electron chi connectivity index (χ2n) is 6.82. The standard InChI is InChI=1S/C21H19F2NO2S/c22-17-9-5-4-8-15(17)21-13-26-11-18(23)16(21)12-27-20(24-21)10-19(25)14-6-2-1-3-7-14/h1-9,16,18H,10-13H2/t16-,18-,21-/m1/s1. The quantitative estimate of drug-likeness (QED) is 0.729. The van der Waals surface area contributed by atoms with E-state index in [1.54, 1.807) is 30.3 Å². The summed E-state index contributed by atoms with van der Waals surface area (Å²) in [6.45, 7) is 0.109. The van der Waals surface area contributed by atoms with Gasteiger partial charge in [-0.15, -0.1) is 11.8 Å². The molecule has 140 valence electrons. The number of hydrogen-bond acceptors (Lipinski definition) is 4. The molecule has 3 nitrogen and oxygen atoms in total. The average Bonchev–Trinajstić information content (AvgIpc) is 2.69. The molecule has 2 heterocycles. The first-order valence-corrected chi connectivity index (χ1v) is 9.85. The van der Waals surface area contributed by atoms with Crippen LogP contribution in [0, 0.1) is 11.7 Å². The molecule has 0 radical (unpaired) electrons. The summed E-state index contributed by atoms with van der Waals surface area (Å²) in [5.41, 5.74) is -0.186. The minimum absolute atomic E-state index is 0.00473. The van der Waals surface area contributed by atoms with Gasteiger partial charge in [0.15, 0.2) is 5.78 Å². The number of Topliss-reactive ketones (excluding diaryl/α,β-unsaturated/α-hetero) is 1. The molecule has 0 aliphatic carbocycles. The molecule has 0 N–H and O–H groups in total. The van der Waals surface area contributed by atoms with E-state index in [-0.39, 0.29) is 25.4 Å². The predicted molar refractivity (Wildman–Crippen MR) is 103 cm³/mol. The van der Waals surface area contributed by atoms with Crippen molar-refractivity contribution in [3.05, 3.63) is 71.5 Å². The van der Waals surface area contributed by atoms with Crippen molar-refractivity contribution in [2.75, 3.05) is 19.0 Å². The van der Waals surface area contributed by atoms with Gasteiger partial charge < -0.3 is 4.74 Å². The summed E-state index contributed by atoms with van der Waals surface area (Å²) in [4.78, 5) is 17.3. The molecule has 1 fully saturated rings. The molecule has 3 atom stereocenters. The second kappa shape index (κ2) is 7.52. The van der Waals surface area contributed by atoms with E-state index in [4.69, 9.17) is 9.73 Å². The number of halogens is 2. The van der Waals surface area contributed by atoms with Crippen molar-refractivity contribution in [3.63, 3.8) is 0 Å². The van der Waals surface area contributed by atoms with Crippen LogP contribution in [0.3, 0.4) is 0 Å². The molecule has 1 saturated heterocycles. The van der Waals surface area contributed by atoms with Crippen molar-refractivity contribution < 1.29 is 18.3 Å². The maximum atomic E-state index is 14.6. The van der Waals surface area contributed by atoms with Crippen molar-refractivity contribution in [2.45, 2.75) is 18.1 Å². The smallest absolute Gasteiger partial charge is 0.169 e. The minimum Gasteiger partial charge on any atom is -0.376 e. The molecule has 2 aromatic carbocycles. The molecular formula is C21H19F2NO2S. The lowest BCUT2D eigenvalue weighted by atomic mass is 9.75. The van der Waals surface area contributed by atoms with Gasteiger partial charge in [-0.1, -0.05) is 48.5 Å². The zero-order valence-corrected chi connectivity index (χ0v) is 15.4. The highest BCUT2D eigenvalue weighted by atomic mass is 32.2. The molecule has 0 amide bonds. The van der Waals surface area contributed by atoms with Crippen molar-refractivity contribution in [1.82, 2.24) is 0 Å². The highest BCUT2D eigenvalue weighted by Crippen LogP contribution is 2.47. The molecule has 0 unspecified atom stereocenters. The summed E-state index contributed by atoms with van der Waals surface area (Å²) in [5, 5.41) is 0.598. The Labute approximate surface area is 160 Å². The molecule has 4 rings (SSSR count). The van der Waals surface area contributed by atoms with E-state index in [1.807, 2.05) is 18.2 Å². The summed E-state index contributed by atoms with van der Waals surface area (Å²) >= 11 is 1.39. The maximum Gasteiger partial charge on any atom is 0.169 e. The molecule has 27 heavy (non-hydrogen) atoms. The summed E-state index contributed by atoms with van der Waals surface area (Å²) in [6, 6.07) is 15.3. The maximum absolute atomic E-state index is 14.6. The molecule has 2 aliphatic rings. The van der Waals surface area contributed by atoms with Crippen LogP contribution < -0.4 is 0 Å². The van der Waals surface area contributed by atoms with E-state index >= 15 is 0 Å². The molecule has 2 aromatic rings. The Hall–Kier alpha value is -2.05. The van der Waals surface area contributed by atoms with Gasteiger partial charge in [-0.25, -0.2) is 8.78 Å². The van der Waals surface area contributed by atoms with Crippen LogP contribution in [-0.4, -0.2) is 36.0 Å². The van der Waals surface area contributed by atoms with Crippen LogP contribution >= 0.6 is 11.8 Å². The number of carbonyl (C=O) groups is 1. The topological polar surface area (TPSA) is 38.7 Å². The van der Waals surface area contributed by atoms with E-state index in [2.05, 4.69) is 0 Å². The van der Waals surface area contributed by atoms with Gasteiger partial charge in [0.05, 0.1) is 24.7 Å². The Morgan fingerprint density at radius 2 is 1.93 bits per heavy atom. The fourth-order valence-electron chi connectivity index (χ4n) is 3.75. The summed E-state index contributed by atoms with van der Waals surface area (Å²) < 4.78 is 34.7. The zero-order chi connectivity index (χ0) is 18.9. The molecule has 0 spiro atoms. The van der Waals surface area contributed by atoms with Crippen molar-refractivity contribution >= 4 is 22.6 Å². The monoisotopic (exact) mass is 387 g/mol. The third kappa shape index (κ3) is 3.44. The van der Waals surface area contributed by atoms with E-state index in [9.17, 15) is 13.6 Å². The van der Waals surface area contributed by atoms with Crippen LogP contribution in [0.5, 0.6) is 0 Å². The number of nitrogens with zero attached hydrogens (tertiary/aromatic N) is 1. The van der Waals surface area contributed by atoms with Gasteiger partial charge in [-0.2, -0.15) is 0 Å². The van der Waals surface area contributed by atoms with E-state index < -0.39 is 23.4 Å². The van der Waals surface area contributed by atoms with Crippen LogP contribution in [0.1, 0.15) is 22.3 Å². The van der Waals surface area contributed by atoms with Gasteiger partial charge in [0.25, 0.3) is 0 Å². The number of fused-ring (bicyclic) bond motifs is 1. The summed E-state index contributed by atoms with van der Waals surface area (Å²) in [7, 11) is 0. The molecule has 0 bridgehead atoms. The molecule has 0 aromatic heterocycles. The Morgan fingerprint density at radius 3 is 2.70 bits per heavy atom. The fraction of sp³-hybridized carbons (Fsp3) is 0.333. The van der Waals surface area contributed by atoms with Gasteiger partial charge >= 0.3 is 0 Å². The average molecular weight is 387 g/mol. The third-order valence-electron chi connectivity index (χ3n) is 5.15. The lowest BCUT2D eigenvalue weighted by Gasteiger charge is -2.45. The first-order chi connectivity index (χ1) is 13.1. The highest BCUT2D eigenvalue weighted by molar-refractivity contribution is 8.14. The summed E-state index contributed by atoms with van der Waals surface area (Å²) in [5.74, 6) is -0.523. The number of hydrogen-bond donors (Lipinski definition) is 0. The third-order valence-corrected chi connectivity index (χ3v) is 6.25. The SMILES string of the molecule is O=C(CC1=N[C@@]2(c3ccccc3F)COC[C@@H](F)[C@H]2CS1)c1ccccc1. The van der Waals surface area contributed by atoms with Crippen molar-refractivity contribution in [3.8, 4) is 0 Å². The van der Waals surface area contributed by atoms with E-state index in [0.29, 0.717) is 21.9 Å². The Bertz CT molecular complexity index is 873. The number of ketones is 1. The predicted octanol–water partition coefficient (Wildman–Crippen LogP) is 4.42. The Balaban J connectivity index is 1.71. The van der Waals surface area contributed by atoms with Gasteiger partial charge in [0.1, 0.15) is 17.5 Å². The van der Waals surface area contributed by atoms with E-state index in [1.165, 1.54) is 17.8 Å². The number of alkyl halides is 1. The molecular weight excluding hydrogens is 368 g/mol. The lowest BCUT2D eigenvalue weighted by Crippen LogP contribution is -2.52. The zero-order valence-electron chi connectivity index (χ0n) is 14.6. The van der Waals surface area contributed by atoms with Crippen molar-refractivity contribution in [1.29, 1.82) is 0 Å². The molecule has 0 saturated carbocycles. The Morgan fingerprint density at radius 1 is 1.19 bits per heavy atom. The van der Waals surface area contributed by atoms with Crippen LogP contribution in [0.25, 0.3) is 0 Å². The number of carbonyl (C=O) groups excluding carboxylic acids is 1. The Kier molecular flexibility index (Phi) is 5.10. The van der Waals surface area contributed by atoms with Gasteiger partial charge in [0.2, 0.25) is 0 Å². The fourth-order valence-corrected chi connectivity index (χ4v) is 5.07. The normalized spacial score (nSPS) is 27.6. The van der Waals surface area contributed by atoms with Gasteiger partial charge in [-0.05, 0) is 6.07 Å². The second-order valence-corrected chi connectivity index (χ2v) is 7.92. The highest BCUT2D eigenvalue weighted by Gasteiger charge is 2.51. The number of benzene rings is 2. The first-order valence-electron chi connectivity index (χ1n) is 8.87. The number of aliphatic imine (C=N–C) groups is 1. The van der Waals surface area contributed by atoms with Crippen LogP contribution in [-0.2, 0) is 10.3 Å². The number of thioether (sulfide) groups is 1. The largest absolute Gasteiger partial charge is 0.376 e. The minimum atomic E-state index is -1.22. The molecule has 6 heteroatoms. The number of ether oxygens (including phenoxy) is 1. The number of rotatable bonds is 4. The van der Waals surface area contributed by atoms with E-state index in [0.717, 1.165) is 0 Å². The van der Waals surface area contributed by atoms with Gasteiger partial charge in [0, 0.05) is 22.8 Å². The van der Waals surface area contributed by atoms with Crippen LogP contribution in [0.4, 0.5) is 8.78 Å². The van der Waals surface area contributed by atoms with Crippen LogP contribution in [0.2, 0.25) is 0 Å².